The van der Waals surface area contributed by atoms with Gasteiger partial charge in [-0.2, -0.15) is 0 Å². The summed E-state index contributed by atoms with van der Waals surface area (Å²) in [5.41, 5.74) is 0. The van der Waals surface area contributed by atoms with Gasteiger partial charge in [0.05, 0.1) is 31.7 Å². The first kappa shape index (κ1) is 13.2. The molecule has 2 heterocycles. The fraction of sp³-hybridized carbons (Fsp3) is 1.00. The van der Waals surface area contributed by atoms with E-state index in [0.29, 0.717) is 19.8 Å². The number of nitrogens with one attached hydrogen (secondary N) is 2. The molecule has 0 aromatic carbocycles. The largest absolute Gasteiger partial charge is 0.376 e. The number of ether oxygens (including phenoxy) is 2. The van der Waals surface area contributed by atoms with Crippen molar-refractivity contribution in [2.75, 3.05) is 38.7 Å². The average Bonchev–Trinajstić information content (AvgIpc) is 2.30. The predicted molar refractivity (Wildman–Crippen MR) is 63.4 cm³/mol. The average molecular weight is 264 g/mol. The third-order valence-electron chi connectivity index (χ3n) is 2.98. The third kappa shape index (κ3) is 4.51. The fourth-order valence-electron chi connectivity index (χ4n) is 2.12. The Morgan fingerprint density at radius 2 is 2.00 bits per heavy atom. The van der Waals surface area contributed by atoms with Crippen LogP contribution in [0.5, 0.6) is 0 Å². The summed E-state index contributed by atoms with van der Waals surface area (Å²) in [6, 6.07) is 0.0609. The van der Waals surface area contributed by atoms with Gasteiger partial charge < -0.3 is 14.8 Å². The predicted octanol–water partition coefficient (Wildman–Crippen LogP) is -0.927. The van der Waals surface area contributed by atoms with Crippen molar-refractivity contribution in [2.45, 2.75) is 25.0 Å². The Balaban J connectivity index is 1.80. The van der Waals surface area contributed by atoms with Crippen LogP contribution in [0.4, 0.5) is 0 Å². The monoisotopic (exact) mass is 264 g/mol. The van der Waals surface area contributed by atoms with Crippen LogP contribution < -0.4 is 10.0 Å². The summed E-state index contributed by atoms with van der Waals surface area (Å²) in [5.74, 6) is -0.00305. The molecule has 0 aromatic heterocycles. The molecular formula is C10H20N2O4S. The molecule has 2 aliphatic heterocycles. The van der Waals surface area contributed by atoms with Crippen LogP contribution in [0.25, 0.3) is 0 Å². The van der Waals surface area contributed by atoms with Gasteiger partial charge in [0.2, 0.25) is 10.0 Å². The van der Waals surface area contributed by atoms with Gasteiger partial charge in [0.1, 0.15) is 0 Å². The van der Waals surface area contributed by atoms with Crippen LogP contribution in [0.3, 0.4) is 0 Å². The maximum atomic E-state index is 11.9. The normalized spacial score (nSPS) is 28.1. The lowest BCUT2D eigenvalue weighted by molar-refractivity contribution is -0.0783. The summed E-state index contributed by atoms with van der Waals surface area (Å²) in [4.78, 5) is 0. The highest BCUT2D eigenvalue weighted by Gasteiger charge is 2.25. The smallest absolute Gasteiger partial charge is 0.214 e. The Kier molecular flexibility index (Phi) is 4.75. The van der Waals surface area contributed by atoms with Crippen LogP contribution in [-0.2, 0) is 19.5 Å². The first-order chi connectivity index (χ1) is 8.16. The lowest BCUT2D eigenvalue weighted by Gasteiger charge is -2.26. The molecule has 2 fully saturated rings. The summed E-state index contributed by atoms with van der Waals surface area (Å²) >= 11 is 0. The van der Waals surface area contributed by atoms with Crippen molar-refractivity contribution in [1.29, 1.82) is 0 Å². The number of sulfonamides is 1. The van der Waals surface area contributed by atoms with E-state index in [-0.39, 0.29) is 17.9 Å². The molecule has 0 bridgehead atoms. The van der Waals surface area contributed by atoms with Gasteiger partial charge >= 0.3 is 0 Å². The molecule has 1 unspecified atom stereocenters. The number of piperidine rings is 1. The maximum absolute atomic E-state index is 11.9. The molecular weight excluding hydrogens is 244 g/mol. The molecule has 0 radical (unpaired) electrons. The molecule has 2 N–H and O–H groups in total. The molecule has 2 saturated heterocycles. The molecule has 0 aromatic rings. The SMILES string of the molecule is O=S(=O)(CC1COCCO1)NC1CCNCC1. The van der Waals surface area contributed by atoms with Gasteiger partial charge in [-0.1, -0.05) is 0 Å². The van der Waals surface area contributed by atoms with Gasteiger partial charge in [-0.05, 0) is 25.9 Å². The molecule has 17 heavy (non-hydrogen) atoms. The van der Waals surface area contributed by atoms with Gasteiger partial charge in [0.25, 0.3) is 0 Å². The molecule has 1 atom stereocenters. The van der Waals surface area contributed by atoms with E-state index in [1.807, 2.05) is 0 Å². The molecule has 100 valence electrons. The van der Waals surface area contributed by atoms with Crippen molar-refractivity contribution in [1.82, 2.24) is 10.0 Å². The summed E-state index contributed by atoms with van der Waals surface area (Å²) in [6.45, 7) is 3.14. The van der Waals surface area contributed by atoms with Gasteiger partial charge in [0, 0.05) is 6.04 Å². The Bertz CT molecular complexity index is 295. The van der Waals surface area contributed by atoms with Crippen LogP contribution in [0, 0.1) is 0 Å². The van der Waals surface area contributed by atoms with Gasteiger partial charge in [-0.25, -0.2) is 13.1 Å². The highest BCUT2D eigenvalue weighted by atomic mass is 32.2. The molecule has 7 heteroatoms. The van der Waals surface area contributed by atoms with Crippen LogP contribution in [0.1, 0.15) is 12.8 Å². The van der Waals surface area contributed by atoms with Crippen LogP contribution in [-0.4, -0.2) is 59.2 Å². The van der Waals surface area contributed by atoms with Crippen molar-refractivity contribution < 1.29 is 17.9 Å². The third-order valence-corrected chi connectivity index (χ3v) is 4.48. The minimum atomic E-state index is -3.26. The van der Waals surface area contributed by atoms with Crippen LogP contribution in [0.15, 0.2) is 0 Å². The van der Waals surface area contributed by atoms with E-state index >= 15 is 0 Å². The summed E-state index contributed by atoms with van der Waals surface area (Å²) in [5, 5.41) is 3.20. The van der Waals surface area contributed by atoms with Gasteiger partial charge in [0.15, 0.2) is 0 Å². The first-order valence-electron chi connectivity index (χ1n) is 6.06. The summed E-state index contributed by atoms with van der Waals surface area (Å²) in [6.07, 6.45) is 1.37. The quantitative estimate of drug-likeness (QED) is 0.686. The van der Waals surface area contributed by atoms with Crippen molar-refractivity contribution in [3.63, 3.8) is 0 Å². The Hall–Kier alpha value is -0.210. The van der Waals surface area contributed by atoms with E-state index in [4.69, 9.17) is 9.47 Å². The van der Waals surface area contributed by atoms with Crippen LogP contribution >= 0.6 is 0 Å². The van der Waals surface area contributed by atoms with Gasteiger partial charge in [-0.15, -0.1) is 0 Å². The Morgan fingerprint density at radius 3 is 2.65 bits per heavy atom. The second kappa shape index (κ2) is 6.10. The topological polar surface area (TPSA) is 76.7 Å². The highest BCUT2D eigenvalue weighted by Crippen LogP contribution is 2.07. The van der Waals surface area contributed by atoms with E-state index in [1.54, 1.807) is 0 Å². The molecule has 6 nitrogen and oxygen atoms in total. The second-order valence-corrected chi connectivity index (χ2v) is 6.29. The minimum Gasteiger partial charge on any atom is -0.376 e. The molecule has 0 saturated carbocycles. The van der Waals surface area contributed by atoms with Crippen molar-refractivity contribution >= 4 is 10.0 Å². The fourth-order valence-corrected chi connectivity index (χ4v) is 3.64. The van der Waals surface area contributed by atoms with E-state index in [2.05, 4.69) is 10.0 Å². The first-order valence-corrected chi connectivity index (χ1v) is 7.71. The summed E-state index contributed by atoms with van der Waals surface area (Å²) < 4.78 is 37.1. The molecule has 0 aliphatic carbocycles. The lowest BCUT2D eigenvalue weighted by Crippen LogP contribution is -2.46. The molecule has 0 amide bonds. The number of rotatable bonds is 4. The van der Waals surface area contributed by atoms with E-state index in [9.17, 15) is 8.42 Å². The zero-order valence-corrected chi connectivity index (χ0v) is 10.7. The summed E-state index contributed by atoms with van der Waals surface area (Å²) in [7, 11) is -3.26. The molecule has 2 rings (SSSR count). The van der Waals surface area contributed by atoms with E-state index in [0.717, 1.165) is 25.9 Å². The second-order valence-electron chi connectivity index (χ2n) is 4.49. The van der Waals surface area contributed by atoms with Crippen molar-refractivity contribution in [3.05, 3.63) is 0 Å². The Labute approximate surface area is 102 Å². The zero-order valence-electron chi connectivity index (χ0n) is 9.85. The maximum Gasteiger partial charge on any atom is 0.214 e. The number of hydrogen-bond acceptors (Lipinski definition) is 5. The lowest BCUT2D eigenvalue weighted by atomic mass is 10.1. The van der Waals surface area contributed by atoms with E-state index < -0.39 is 10.0 Å². The van der Waals surface area contributed by atoms with Crippen molar-refractivity contribution in [3.8, 4) is 0 Å². The standard InChI is InChI=1S/C10H20N2O4S/c13-17(14,8-10-7-15-5-6-16-10)12-9-1-3-11-4-2-9/h9-12H,1-8H2. The van der Waals surface area contributed by atoms with E-state index in [1.165, 1.54) is 0 Å². The van der Waals surface area contributed by atoms with Gasteiger partial charge in [-0.3, -0.25) is 0 Å². The Morgan fingerprint density at radius 1 is 1.24 bits per heavy atom. The minimum absolute atomic E-state index is 0.00305. The molecule has 0 spiro atoms. The highest BCUT2D eigenvalue weighted by molar-refractivity contribution is 7.89. The van der Waals surface area contributed by atoms with Crippen LogP contribution in [0.2, 0.25) is 0 Å². The van der Waals surface area contributed by atoms with Crippen molar-refractivity contribution in [2.24, 2.45) is 0 Å². The zero-order chi connectivity index (χ0) is 12.1. The molecule has 2 aliphatic rings. The number of hydrogen-bond donors (Lipinski definition) is 2.